The first-order valence-corrected chi connectivity index (χ1v) is 11.5. The Labute approximate surface area is 177 Å². The van der Waals surface area contributed by atoms with E-state index in [0.29, 0.717) is 25.7 Å². The van der Waals surface area contributed by atoms with Gasteiger partial charge in [-0.2, -0.15) is 0 Å². The Balaban J connectivity index is 1.55. The van der Waals surface area contributed by atoms with Gasteiger partial charge >= 0.3 is 6.09 Å². The van der Waals surface area contributed by atoms with E-state index >= 15 is 0 Å². The molecular formula is C22H30N4O2S. The molecule has 29 heavy (non-hydrogen) atoms. The van der Waals surface area contributed by atoms with Crippen molar-refractivity contribution >= 4 is 17.9 Å². The Morgan fingerprint density at radius 2 is 1.86 bits per heavy atom. The summed E-state index contributed by atoms with van der Waals surface area (Å²) in [5, 5.41) is 10.1. The van der Waals surface area contributed by atoms with Crippen LogP contribution in [0.2, 0.25) is 0 Å². The first-order valence-electron chi connectivity index (χ1n) is 10.5. The molecule has 1 saturated heterocycles. The van der Waals surface area contributed by atoms with Crippen molar-refractivity contribution in [3.63, 3.8) is 0 Å². The highest BCUT2D eigenvalue weighted by Crippen LogP contribution is 2.37. The van der Waals surface area contributed by atoms with Crippen molar-refractivity contribution in [3.8, 4) is 11.4 Å². The van der Waals surface area contributed by atoms with Gasteiger partial charge in [0.1, 0.15) is 6.61 Å². The first-order chi connectivity index (χ1) is 13.9. The third-order valence-corrected chi connectivity index (χ3v) is 6.72. The molecule has 1 aromatic heterocycles. The van der Waals surface area contributed by atoms with Crippen molar-refractivity contribution < 1.29 is 9.53 Å². The zero-order valence-corrected chi connectivity index (χ0v) is 18.4. The minimum atomic E-state index is -0.206. The Morgan fingerprint density at radius 3 is 2.48 bits per heavy atom. The van der Waals surface area contributed by atoms with Crippen LogP contribution in [-0.4, -0.2) is 51.2 Å². The van der Waals surface area contributed by atoms with Crippen LogP contribution in [0.15, 0.2) is 29.4 Å². The van der Waals surface area contributed by atoms with Gasteiger partial charge in [0.15, 0.2) is 11.0 Å². The number of benzene rings is 1. The van der Waals surface area contributed by atoms with E-state index in [1.165, 1.54) is 31.2 Å². The van der Waals surface area contributed by atoms with E-state index in [4.69, 9.17) is 4.74 Å². The van der Waals surface area contributed by atoms with Crippen molar-refractivity contribution in [2.75, 3.05) is 25.4 Å². The molecule has 2 aromatic rings. The lowest BCUT2D eigenvalue weighted by Crippen LogP contribution is -2.26. The molecule has 1 aliphatic carbocycles. The van der Waals surface area contributed by atoms with E-state index in [1.807, 2.05) is 0 Å². The third kappa shape index (κ3) is 4.44. The van der Waals surface area contributed by atoms with Gasteiger partial charge in [0.05, 0.1) is 6.54 Å². The van der Waals surface area contributed by atoms with Gasteiger partial charge in [-0.15, -0.1) is 10.2 Å². The molecule has 1 amide bonds. The van der Waals surface area contributed by atoms with E-state index in [0.717, 1.165) is 22.3 Å². The molecule has 0 radical (unpaired) electrons. The SMILES string of the molecule is CC(C)(C)c1ccc(-c2nnc(SCCN3CCOC3=O)n2C2CCCC2)cc1. The smallest absolute Gasteiger partial charge is 0.409 e. The summed E-state index contributed by atoms with van der Waals surface area (Å²) in [7, 11) is 0. The van der Waals surface area contributed by atoms with E-state index in [2.05, 4.69) is 59.8 Å². The highest BCUT2D eigenvalue weighted by atomic mass is 32.2. The molecular weight excluding hydrogens is 384 g/mol. The molecule has 1 aliphatic heterocycles. The summed E-state index contributed by atoms with van der Waals surface area (Å²) < 4.78 is 7.35. The number of amides is 1. The standard InChI is InChI=1S/C22H30N4O2S/c1-22(2,3)17-10-8-16(9-11-17)19-23-24-20(26(19)18-6-4-5-7-18)29-15-13-25-12-14-28-21(25)27/h8-11,18H,4-7,12-15H2,1-3H3. The molecule has 1 aromatic carbocycles. The molecule has 4 rings (SSSR count). The molecule has 156 valence electrons. The molecule has 1 saturated carbocycles. The fourth-order valence-corrected chi connectivity index (χ4v) is 5.03. The summed E-state index contributed by atoms with van der Waals surface area (Å²) in [6.45, 7) is 8.54. The highest BCUT2D eigenvalue weighted by molar-refractivity contribution is 7.99. The maximum absolute atomic E-state index is 11.6. The zero-order valence-electron chi connectivity index (χ0n) is 17.6. The predicted molar refractivity (Wildman–Crippen MR) is 115 cm³/mol. The van der Waals surface area contributed by atoms with Crippen LogP contribution in [-0.2, 0) is 10.2 Å². The summed E-state index contributed by atoms with van der Waals surface area (Å²) in [6.07, 6.45) is 4.67. The fourth-order valence-electron chi connectivity index (χ4n) is 4.06. The Morgan fingerprint density at radius 1 is 1.14 bits per heavy atom. The molecule has 0 spiro atoms. The minimum absolute atomic E-state index is 0.134. The van der Waals surface area contributed by atoms with Gasteiger partial charge in [-0.3, -0.25) is 4.57 Å². The van der Waals surface area contributed by atoms with E-state index in [1.54, 1.807) is 16.7 Å². The average molecular weight is 415 g/mol. The molecule has 0 bridgehead atoms. The summed E-state index contributed by atoms with van der Waals surface area (Å²) in [5.74, 6) is 1.75. The summed E-state index contributed by atoms with van der Waals surface area (Å²) in [4.78, 5) is 13.4. The quantitative estimate of drug-likeness (QED) is 0.629. The number of ether oxygens (including phenoxy) is 1. The second-order valence-electron chi connectivity index (χ2n) is 8.89. The zero-order chi connectivity index (χ0) is 20.4. The fraction of sp³-hybridized carbons (Fsp3) is 0.591. The van der Waals surface area contributed by atoms with Crippen LogP contribution < -0.4 is 0 Å². The highest BCUT2D eigenvalue weighted by Gasteiger charge is 2.26. The van der Waals surface area contributed by atoms with Crippen LogP contribution in [0.3, 0.4) is 0 Å². The molecule has 6 nitrogen and oxygen atoms in total. The number of thioether (sulfide) groups is 1. The van der Waals surface area contributed by atoms with Crippen LogP contribution in [0.4, 0.5) is 4.79 Å². The summed E-state index contributed by atoms with van der Waals surface area (Å²) >= 11 is 1.69. The Bertz CT molecular complexity index is 851. The molecule has 0 N–H and O–H groups in total. The molecule has 2 aliphatic rings. The number of nitrogens with zero attached hydrogens (tertiary/aromatic N) is 4. The van der Waals surface area contributed by atoms with Gasteiger partial charge in [0, 0.05) is 23.9 Å². The van der Waals surface area contributed by atoms with E-state index in [-0.39, 0.29) is 11.5 Å². The molecule has 0 unspecified atom stereocenters. The number of carbonyl (C=O) groups excluding carboxylic acids is 1. The van der Waals surface area contributed by atoms with Crippen LogP contribution >= 0.6 is 11.8 Å². The van der Waals surface area contributed by atoms with Crippen molar-refractivity contribution in [1.29, 1.82) is 0 Å². The normalized spacial score (nSPS) is 17.9. The number of rotatable bonds is 6. The molecule has 0 atom stereocenters. The lowest BCUT2D eigenvalue weighted by Gasteiger charge is -2.20. The molecule has 2 heterocycles. The van der Waals surface area contributed by atoms with Crippen LogP contribution in [0, 0.1) is 0 Å². The van der Waals surface area contributed by atoms with Crippen molar-refractivity contribution in [1.82, 2.24) is 19.7 Å². The lowest BCUT2D eigenvalue weighted by molar-refractivity contribution is 0.160. The lowest BCUT2D eigenvalue weighted by atomic mass is 9.86. The van der Waals surface area contributed by atoms with Crippen molar-refractivity contribution in [2.45, 2.75) is 63.1 Å². The second-order valence-corrected chi connectivity index (χ2v) is 9.95. The number of aromatic nitrogens is 3. The van der Waals surface area contributed by atoms with Crippen LogP contribution in [0.25, 0.3) is 11.4 Å². The maximum Gasteiger partial charge on any atom is 0.409 e. The number of hydrogen-bond acceptors (Lipinski definition) is 5. The van der Waals surface area contributed by atoms with Gasteiger partial charge in [0.25, 0.3) is 0 Å². The van der Waals surface area contributed by atoms with Gasteiger partial charge in [-0.1, -0.05) is 69.6 Å². The topological polar surface area (TPSA) is 60.2 Å². The van der Waals surface area contributed by atoms with E-state index < -0.39 is 0 Å². The first kappa shape index (κ1) is 20.3. The number of hydrogen-bond donors (Lipinski definition) is 0. The summed E-state index contributed by atoms with van der Waals surface area (Å²) in [6, 6.07) is 9.21. The van der Waals surface area contributed by atoms with Gasteiger partial charge < -0.3 is 9.64 Å². The van der Waals surface area contributed by atoms with Gasteiger partial charge in [0.2, 0.25) is 0 Å². The minimum Gasteiger partial charge on any atom is -0.448 e. The third-order valence-electron chi connectivity index (χ3n) is 5.80. The summed E-state index contributed by atoms with van der Waals surface area (Å²) in [5.41, 5.74) is 2.57. The van der Waals surface area contributed by atoms with Gasteiger partial charge in [-0.25, -0.2) is 4.79 Å². The number of cyclic esters (lactones) is 1. The second kappa shape index (κ2) is 8.38. The van der Waals surface area contributed by atoms with Crippen molar-refractivity contribution in [3.05, 3.63) is 29.8 Å². The predicted octanol–water partition coefficient (Wildman–Crippen LogP) is 4.90. The largest absolute Gasteiger partial charge is 0.448 e. The Hall–Kier alpha value is -2.02. The molecule has 2 fully saturated rings. The maximum atomic E-state index is 11.6. The molecule has 7 heteroatoms. The van der Waals surface area contributed by atoms with Gasteiger partial charge in [-0.05, 0) is 23.8 Å². The monoisotopic (exact) mass is 414 g/mol. The van der Waals surface area contributed by atoms with Crippen LogP contribution in [0.5, 0.6) is 0 Å². The Kier molecular flexibility index (Phi) is 5.86. The number of carbonyl (C=O) groups is 1. The van der Waals surface area contributed by atoms with E-state index in [9.17, 15) is 4.79 Å². The average Bonchev–Trinajstić information content (AvgIpc) is 3.42. The van der Waals surface area contributed by atoms with Crippen LogP contribution in [0.1, 0.15) is 58.1 Å². The van der Waals surface area contributed by atoms with Crippen molar-refractivity contribution in [2.24, 2.45) is 0 Å².